The van der Waals surface area contributed by atoms with Crippen LogP contribution >= 0.6 is 0 Å². The predicted molar refractivity (Wildman–Crippen MR) is 82.6 cm³/mol. The lowest BCUT2D eigenvalue weighted by atomic mass is 9.89. The van der Waals surface area contributed by atoms with Crippen LogP contribution in [0.15, 0.2) is 18.2 Å². The van der Waals surface area contributed by atoms with Crippen LogP contribution in [0.5, 0.6) is 0 Å². The summed E-state index contributed by atoms with van der Waals surface area (Å²) >= 11 is 0. The van der Waals surface area contributed by atoms with Gasteiger partial charge in [-0.15, -0.1) is 0 Å². The highest BCUT2D eigenvalue weighted by Gasteiger charge is 2.42. The minimum atomic E-state index is -0.958. The van der Waals surface area contributed by atoms with E-state index in [0.717, 1.165) is 16.7 Å². The SMILES string of the molecule is COC(=O)C1(NC(=O)Cc2c(C)cccc2C)CCOCC1. The average molecular weight is 305 g/mol. The number of methoxy groups -OCH3 is 1. The van der Waals surface area contributed by atoms with Crippen molar-refractivity contribution in [2.75, 3.05) is 20.3 Å². The number of esters is 1. The summed E-state index contributed by atoms with van der Waals surface area (Å²) in [6.45, 7) is 4.86. The van der Waals surface area contributed by atoms with Crippen LogP contribution in [0.3, 0.4) is 0 Å². The molecule has 1 heterocycles. The maximum absolute atomic E-state index is 12.5. The molecule has 0 aromatic heterocycles. The van der Waals surface area contributed by atoms with Crippen LogP contribution < -0.4 is 5.32 Å². The summed E-state index contributed by atoms with van der Waals surface area (Å²) in [5.41, 5.74) is 2.20. The molecule has 0 spiro atoms. The molecule has 1 aliphatic rings. The van der Waals surface area contributed by atoms with Gasteiger partial charge in [0.15, 0.2) is 0 Å². The fourth-order valence-electron chi connectivity index (χ4n) is 2.89. The Morgan fingerprint density at radius 1 is 1.23 bits per heavy atom. The zero-order valence-electron chi connectivity index (χ0n) is 13.4. The molecule has 1 saturated heterocycles. The molecule has 0 unspecified atom stereocenters. The number of hydrogen-bond acceptors (Lipinski definition) is 4. The molecular formula is C17H23NO4. The van der Waals surface area contributed by atoms with E-state index in [2.05, 4.69) is 5.32 Å². The summed E-state index contributed by atoms with van der Waals surface area (Å²) in [5, 5.41) is 2.89. The highest BCUT2D eigenvalue weighted by Crippen LogP contribution is 2.23. The van der Waals surface area contributed by atoms with E-state index in [9.17, 15) is 9.59 Å². The van der Waals surface area contributed by atoms with E-state index >= 15 is 0 Å². The molecule has 1 aliphatic heterocycles. The lowest BCUT2D eigenvalue weighted by Crippen LogP contribution is -2.58. The number of rotatable bonds is 4. The standard InChI is InChI=1S/C17H23NO4/c1-12-5-4-6-13(2)14(12)11-15(19)18-17(16(20)21-3)7-9-22-10-8-17/h4-6H,7-11H2,1-3H3,(H,18,19). The van der Waals surface area contributed by atoms with E-state index in [0.29, 0.717) is 26.1 Å². The number of nitrogens with one attached hydrogen (secondary N) is 1. The molecule has 0 radical (unpaired) electrons. The molecule has 1 N–H and O–H groups in total. The Bertz CT molecular complexity index is 542. The minimum absolute atomic E-state index is 0.162. The first-order chi connectivity index (χ1) is 10.5. The Hall–Kier alpha value is -1.88. The van der Waals surface area contributed by atoms with Crippen LogP contribution in [0.2, 0.25) is 0 Å². The van der Waals surface area contributed by atoms with Gasteiger partial charge >= 0.3 is 5.97 Å². The number of benzene rings is 1. The molecular weight excluding hydrogens is 282 g/mol. The second kappa shape index (κ2) is 6.92. The van der Waals surface area contributed by atoms with Crippen molar-refractivity contribution in [1.82, 2.24) is 5.32 Å². The number of carbonyl (C=O) groups excluding carboxylic acids is 2. The summed E-state index contributed by atoms with van der Waals surface area (Å²) in [6, 6.07) is 5.95. The third-order valence-electron chi connectivity index (χ3n) is 4.28. The lowest BCUT2D eigenvalue weighted by Gasteiger charge is -2.35. The van der Waals surface area contributed by atoms with Gasteiger partial charge in [-0.2, -0.15) is 0 Å². The molecule has 2 rings (SSSR count). The van der Waals surface area contributed by atoms with E-state index in [1.54, 1.807) is 0 Å². The van der Waals surface area contributed by atoms with E-state index in [4.69, 9.17) is 9.47 Å². The molecule has 0 saturated carbocycles. The van der Waals surface area contributed by atoms with E-state index in [1.165, 1.54) is 7.11 Å². The van der Waals surface area contributed by atoms with Gasteiger partial charge in [-0.3, -0.25) is 4.79 Å². The zero-order chi connectivity index (χ0) is 16.2. The zero-order valence-corrected chi connectivity index (χ0v) is 13.4. The molecule has 5 heteroatoms. The summed E-state index contributed by atoms with van der Waals surface area (Å²) in [7, 11) is 1.34. The molecule has 120 valence electrons. The Balaban J connectivity index is 2.13. The van der Waals surface area contributed by atoms with E-state index in [-0.39, 0.29) is 12.3 Å². The maximum atomic E-state index is 12.5. The van der Waals surface area contributed by atoms with Crippen LogP contribution in [-0.2, 0) is 25.5 Å². The number of amides is 1. The van der Waals surface area contributed by atoms with Gasteiger partial charge in [-0.05, 0) is 30.5 Å². The summed E-state index contributed by atoms with van der Waals surface area (Å²) in [5.74, 6) is -0.560. The number of aryl methyl sites for hydroxylation is 2. The molecule has 5 nitrogen and oxygen atoms in total. The second-order valence-electron chi connectivity index (χ2n) is 5.78. The predicted octanol–water partition coefficient (Wildman–Crippen LogP) is 1.68. The fraction of sp³-hybridized carbons (Fsp3) is 0.529. The van der Waals surface area contributed by atoms with Gasteiger partial charge in [0, 0.05) is 26.1 Å². The van der Waals surface area contributed by atoms with Crippen molar-refractivity contribution in [3.05, 3.63) is 34.9 Å². The third kappa shape index (κ3) is 3.47. The topological polar surface area (TPSA) is 64.6 Å². The van der Waals surface area contributed by atoms with Crippen LogP contribution in [-0.4, -0.2) is 37.7 Å². The van der Waals surface area contributed by atoms with Crippen molar-refractivity contribution < 1.29 is 19.1 Å². The van der Waals surface area contributed by atoms with Crippen molar-refractivity contribution in [2.24, 2.45) is 0 Å². The van der Waals surface area contributed by atoms with Crippen molar-refractivity contribution in [1.29, 1.82) is 0 Å². The van der Waals surface area contributed by atoms with Crippen molar-refractivity contribution >= 4 is 11.9 Å². The van der Waals surface area contributed by atoms with Gasteiger partial charge in [0.25, 0.3) is 0 Å². The lowest BCUT2D eigenvalue weighted by molar-refractivity contribution is -0.155. The summed E-state index contributed by atoms with van der Waals surface area (Å²) < 4.78 is 10.2. The summed E-state index contributed by atoms with van der Waals surface area (Å²) in [6.07, 6.45) is 1.15. The third-order valence-corrected chi connectivity index (χ3v) is 4.28. The maximum Gasteiger partial charge on any atom is 0.331 e. The quantitative estimate of drug-likeness (QED) is 0.860. The Kier molecular flexibility index (Phi) is 5.19. The largest absolute Gasteiger partial charge is 0.467 e. The average Bonchev–Trinajstić information content (AvgIpc) is 2.51. The molecule has 22 heavy (non-hydrogen) atoms. The summed E-state index contributed by atoms with van der Waals surface area (Å²) in [4.78, 5) is 24.6. The number of hydrogen-bond donors (Lipinski definition) is 1. The first-order valence-electron chi connectivity index (χ1n) is 7.51. The van der Waals surface area contributed by atoms with Crippen molar-refractivity contribution in [2.45, 2.75) is 38.6 Å². The van der Waals surface area contributed by atoms with Gasteiger partial charge in [-0.1, -0.05) is 18.2 Å². The Morgan fingerprint density at radius 3 is 2.36 bits per heavy atom. The fourth-order valence-corrected chi connectivity index (χ4v) is 2.89. The first kappa shape index (κ1) is 16.5. The smallest absolute Gasteiger partial charge is 0.331 e. The van der Waals surface area contributed by atoms with Crippen molar-refractivity contribution in [3.8, 4) is 0 Å². The van der Waals surface area contributed by atoms with Crippen molar-refractivity contribution in [3.63, 3.8) is 0 Å². The first-order valence-corrected chi connectivity index (χ1v) is 7.51. The van der Waals surface area contributed by atoms with Crippen LogP contribution in [0.25, 0.3) is 0 Å². The second-order valence-corrected chi connectivity index (χ2v) is 5.78. The van der Waals surface area contributed by atoms with E-state index in [1.807, 2.05) is 32.0 Å². The molecule has 1 amide bonds. The Morgan fingerprint density at radius 2 is 1.82 bits per heavy atom. The molecule has 0 bridgehead atoms. The van der Waals surface area contributed by atoms with Gasteiger partial charge in [0.1, 0.15) is 5.54 Å². The molecule has 1 fully saturated rings. The van der Waals surface area contributed by atoms with E-state index < -0.39 is 11.5 Å². The molecule has 0 aliphatic carbocycles. The van der Waals surface area contributed by atoms with Gasteiger partial charge in [-0.25, -0.2) is 4.79 Å². The molecule has 1 aromatic carbocycles. The Labute approximate surface area is 131 Å². The minimum Gasteiger partial charge on any atom is -0.467 e. The van der Waals surface area contributed by atoms with Gasteiger partial charge in [0.2, 0.25) is 5.91 Å². The number of carbonyl (C=O) groups is 2. The normalized spacial score (nSPS) is 16.9. The number of ether oxygens (including phenoxy) is 2. The van der Waals surface area contributed by atoms with Crippen LogP contribution in [0, 0.1) is 13.8 Å². The highest BCUT2D eigenvalue weighted by atomic mass is 16.5. The molecule has 1 aromatic rings. The van der Waals surface area contributed by atoms with Crippen LogP contribution in [0.1, 0.15) is 29.5 Å². The van der Waals surface area contributed by atoms with Crippen LogP contribution in [0.4, 0.5) is 0 Å². The molecule has 0 atom stereocenters. The highest BCUT2D eigenvalue weighted by molar-refractivity contribution is 5.89. The monoisotopic (exact) mass is 305 g/mol. The van der Waals surface area contributed by atoms with Gasteiger partial charge < -0.3 is 14.8 Å². The van der Waals surface area contributed by atoms with Gasteiger partial charge in [0.05, 0.1) is 13.5 Å².